The predicted octanol–water partition coefficient (Wildman–Crippen LogP) is 2.45. The maximum absolute atomic E-state index is 4.82. The summed E-state index contributed by atoms with van der Waals surface area (Å²) in [6, 6.07) is 2.01. The maximum atomic E-state index is 4.82. The van der Waals surface area contributed by atoms with E-state index in [1.54, 1.807) is 0 Å². The standard InChI is InChI=1S/C16H20N4/c1-3-4-14-13-10-18-8-6-15(13)20-16(19-14)12-9-17-7-5-11(12)2/h5,7,9,18H,3-4,6,8,10H2,1-2H3. The molecule has 0 saturated carbocycles. The van der Waals surface area contributed by atoms with E-state index in [9.17, 15) is 0 Å². The first kappa shape index (κ1) is 13.2. The summed E-state index contributed by atoms with van der Waals surface area (Å²) < 4.78 is 0. The highest BCUT2D eigenvalue weighted by Crippen LogP contribution is 2.24. The number of pyridine rings is 1. The lowest BCUT2D eigenvalue weighted by molar-refractivity contribution is 0.615. The Morgan fingerprint density at radius 2 is 2.20 bits per heavy atom. The Bertz CT molecular complexity index is 622. The fourth-order valence-electron chi connectivity index (χ4n) is 2.68. The second-order valence-electron chi connectivity index (χ2n) is 5.29. The normalized spacial score (nSPS) is 14.1. The van der Waals surface area contributed by atoms with Crippen LogP contribution in [0.4, 0.5) is 0 Å². The van der Waals surface area contributed by atoms with Gasteiger partial charge in [0.25, 0.3) is 0 Å². The monoisotopic (exact) mass is 268 g/mol. The van der Waals surface area contributed by atoms with Gasteiger partial charge in [-0.05, 0) is 25.0 Å². The molecule has 0 atom stereocenters. The molecule has 3 heterocycles. The average molecular weight is 268 g/mol. The van der Waals surface area contributed by atoms with Gasteiger partial charge in [-0.3, -0.25) is 4.98 Å². The van der Waals surface area contributed by atoms with Crippen LogP contribution in [0.25, 0.3) is 11.4 Å². The van der Waals surface area contributed by atoms with Gasteiger partial charge in [0.1, 0.15) is 0 Å². The quantitative estimate of drug-likeness (QED) is 0.929. The van der Waals surface area contributed by atoms with Crippen molar-refractivity contribution < 1.29 is 0 Å². The van der Waals surface area contributed by atoms with Gasteiger partial charge in [-0.25, -0.2) is 9.97 Å². The van der Waals surface area contributed by atoms with Crippen molar-refractivity contribution in [2.45, 2.75) is 39.7 Å². The first-order valence-corrected chi connectivity index (χ1v) is 7.30. The third-order valence-corrected chi connectivity index (χ3v) is 3.79. The highest BCUT2D eigenvalue weighted by molar-refractivity contribution is 5.59. The van der Waals surface area contributed by atoms with E-state index in [0.717, 1.165) is 43.7 Å². The lowest BCUT2D eigenvalue weighted by Crippen LogP contribution is -2.27. The Hall–Kier alpha value is -1.81. The minimum absolute atomic E-state index is 0.833. The summed E-state index contributed by atoms with van der Waals surface area (Å²) in [5, 5.41) is 3.42. The van der Waals surface area contributed by atoms with Gasteiger partial charge in [0.05, 0.1) is 5.69 Å². The summed E-state index contributed by atoms with van der Waals surface area (Å²) >= 11 is 0. The molecule has 0 bridgehead atoms. The first-order chi connectivity index (χ1) is 9.79. The Kier molecular flexibility index (Phi) is 3.74. The zero-order valence-corrected chi connectivity index (χ0v) is 12.1. The van der Waals surface area contributed by atoms with E-state index in [4.69, 9.17) is 9.97 Å². The number of fused-ring (bicyclic) bond motifs is 1. The van der Waals surface area contributed by atoms with E-state index in [1.807, 2.05) is 18.5 Å². The lowest BCUT2D eigenvalue weighted by Gasteiger charge is -2.20. The number of aromatic nitrogens is 3. The number of rotatable bonds is 3. The largest absolute Gasteiger partial charge is 0.312 e. The molecule has 1 aliphatic heterocycles. The maximum Gasteiger partial charge on any atom is 0.161 e. The van der Waals surface area contributed by atoms with Gasteiger partial charge in [0.15, 0.2) is 5.82 Å². The summed E-state index contributed by atoms with van der Waals surface area (Å²) in [4.78, 5) is 13.8. The summed E-state index contributed by atoms with van der Waals surface area (Å²) in [5.74, 6) is 0.833. The zero-order chi connectivity index (χ0) is 13.9. The van der Waals surface area contributed by atoms with E-state index in [-0.39, 0.29) is 0 Å². The van der Waals surface area contributed by atoms with Crippen molar-refractivity contribution in [2.75, 3.05) is 6.54 Å². The molecule has 0 saturated heterocycles. The number of nitrogens with one attached hydrogen (secondary N) is 1. The molecular weight excluding hydrogens is 248 g/mol. The van der Waals surface area contributed by atoms with E-state index in [0.29, 0.717) is 0 Å². The van der Waals surface area contributed by atoms with Crippen LogP contribution in [0.1, 0.15) is 35.9 Å². The van der Waals surface area contributed by atoms with Gasteiger partial charge in [0.2, 0.25) is 0 Å². The topological polar surface area (TPSA) is 50.7 Å². The third-order valence-electron chi connectivity index (χ3n) is 3.79. The Labute approximate surface area is 119 Å². The van der Waals surface area contributed by atoms with Crippen molar-refractivity contribution in [3.63, 3.8) is 0 Å². The second-order valence-corrected chi connectivity index (χ2v) is 5.29. The molecule has 4 nitrogen and oxygen atoms in total. The van der Waals surface area contributed by atoms with Crippen LogP contribution in [0.3, 0.4) is 0 Å². The molecule has 20 heavy (non-hydrogen) atoms. The number of hydrogen-bond donors (Lipinski definition) is 1. The summed E-state index contributed by atoms with van der Waals surface area (Å²) in [6.45, 7) is 6.18. The van der Waals surface area contributed by atoms with Gasteiger partial charge >= 0.3 is 0 Å². The molecule has 0 unspecified atom stereocenters. The number of aryl methyl sites for hydroxylation is 2. The van der Waals surface area contributed by atoms with Crippen LogP contribution in [0, 0.1) is 6.92 Å². The Morgan fingerprint density at radius 1 is 1.30 bits per heavy atom. The Balaban J connectivity index is 2.13. The van der Waals surface area contributed by atoms with Crippen LogP contribution >= 0.6 is 0 Å². The van der Waals surface area contributed by atoms with Gasteiger partial charge in [-0.15, -0.1) is 0 Å². The minimum Gasteiger partial charge on any atom is -0.312 e. The minimum atomic E-state index is 0.833. The highest BCUT2D eigenvalue weighted by atomic mass is 15.0. The van der Waals surface area contributed by atoms with Gasteiger partial charge < -0.3 is 5.32 Å². The molecule has 2 aromatic rings. The average Bonchev–Trinajstić information content (AvgIpc) is 2.48. The molecule has 0 aromatic carbocycles. The fourth-order valence-corrected chi connectivity index (χ4v) is 2.68. The van der Waals surface area contributed by atoms with Crippen molar-refractivity contribution in [1.82, 2.24) is 20.3 Å². The molecule has 1 aliphatic rings. The SMILES string of the molecule is CCCc1nc(-c2cnccc2C)nc2c1CNCC2. The summed E-state index contributed by atoms with van der Waals surface area (Å²) in [5.41, 5.74) is 5.94. The van der Waals surface area contributed by atoms with Crippen LogP contribution in [0.15, 0.2) is 18.5 Å². The van der Waals surface area contributed by atoms with Crippen molar-refractivity contribution in [3.05, 3.63) is 41.0 Å². The van der Waals surface area contributed by atoms with Crippen LogP contribution in [-0.2, 0) is 19.4 Å². The number of hydrogen-bond acceptors (Lipinski definition) is 4. The summed E-state index contributed by atoms with van der Waals surface area (Å²) in [7, 11) is 0. The van der Waals surface area contributed by atoms with Gasteiger partial charge in [0, 0.05) is 48.7 Å². The Morgan fingerprint density at radius 3 is 3.00 bits per heavy atom. The van der Waals surface area contributed by atoms with Gasteiger partial charge in [-0.1, -0.05) is 13.3 Å². The van der Waals surface area contributed by atoms with E-state index >= 15 is 0 Å². The fraction of sp³-hybridized carbons (Fsp3) is 0.438. The predicted molar refractivity (Wildman–Crippen MR) is 79.4 cm³/mol. The van der Waals surface area contributed by atoms with Crippen molar-refractivity contribution in [3.8, 4) is 11.4 Å². The molecule has 3 rings (SSSR count). The van der Waals surface area contributed by atoms with Crippen molar-refractivity contribution >= 4 is 0 Å². The highest BCUT2D eigenvalue weighted by Gasteiger charge is 2.18. The molecule has 4 heteroatoms. The van der Waals surface area contributed by atoms with E-state index in [2.05, 4.69) is 24.1 Å². The summed E-state index contributed by atoms with van der Waals surface area (Å²) in [6.07, 6.45) is 6.79. The molecule has 0 spiro atoms. The molecular formula is C16H20N4. The zero-order valence-electron chi connectivity index (χ0n) is 12.1. The van der Waals surface area contributed by atoms with Crippen LogP contribution in [0.2, 0.25) is 0 Å². The number of nitrogens with zero attached hydrogens (tertiary/aromatic N) is 3. The molecule has 0 aliphatic carbocycles. The van der Waals surface area contributed by atoms with E-state index < -0.39 is 0 Å². The van der Waals surface area contributed by atoms with Crippen LogP contribution in [0.5, 0.6) is 0 Å². The first-order valence-electron chi connectivity index (χ1n) is 7.30. The third kappa shape index (κ3) is 2.43. The van der Waals surface area contributed by atoms with E-state index in [1.165, 1.54) is 22.5 Å². The molecule has 2 aromatic heterocycles. The van der Waals surface area contributed by atoms with Crippen LogP contribution < -0.4 is 5.32 Å². The van der Waals surface area contributed by atoms with Gasteiger partial charge in [-0.2, -0.15) is 0 Å². The molecule has 104 valence electrons. The lowest BCUT2D eigenvalue weighted by atomic mass is 10.0. The molecule has 0 fully saturated rings. The van der Waals surface area contributed by atoms with Crippen molar-refractivity contribution in [1.29, 1.82) is 0 Å². The molecule has 0 radical (unpaired) electrons. The smallest absolute Gasteiger partial charge is 0.161 e. The van der Waals surface area contributed by atoms with Crippen LogP contribution in [-0.4, -0.2) is 21.5 Å². The molecule has 1 N–H and O–H groups in total. The second kappa shape index (κ2) is 5.67. The molecule has 0 amide bonds. The van der Waals surface area contributed by atoms with Crippen molar-refractivity contribution in [2.24, 2.45) is 0 Å².